The van der Waals surface area contributed by atoms with Crippen molar-refractivity contribution in [3.05, 3.63) is 120 Å². The average Bonchev–Trinajstić information content (AvgIpc) is 4.52. The lowest BCUT2D eigenvalue weighted by Crippen LogP contribution is -2.31. The van der Waals surface area contributed by atoms with Gasteiger partial charge in [0.2, 0.25) is 10.1 Å². The number of hydrogen-bond donors (Lipinski definition) is 3. The van der Waals surface area contributed by atoms with E-state index in [1.165, 1.54) is 56.2 Å². The number of aromatic nitrogens is 4. The summed E-state index contributed by atoms with van der Waals surface area (Å²) in [6.45, 7) is 2.10. The summed E-state index contributed by atoms with van der Waals surface area (Å²) in [5, 5.41) is 15.2. The highest BCUT2D eigenvalue weighted by atomic mass is 32.2. The Labute approximate surface area is 475 Å². The van der Waals surface area contributed by atoms with Gasteiger partial charge in [-0.25, -0.2) is 46.4 Å². The number of methoxy groups -OCH3 is 1. The number of amides is 2. The second kappa shape index (κ2) is 27.3. The van der Waals surface area contributed by atoms with Gasteiger partial charge in [-0.2, -0.15) is 0 Å². The van der Waals surface area contributed by atoms with Crippen molar-refractivity contribution >= 4 is 76.4 Å². The van der Waals surface area contributed by atoms with Gasteiger partial charge >= 0.3 is 11.9 Å². The van der Waals surface area contributed by atoms with Crippen LogP contribution in [0.15, 0.2) is 108 Å². The van der Waals surface area contributed by atoms with Crippen LogP contribution < -0.4 is 20.1 Å². The standard InChI is InChI=1S/C28H31N3O8S2.C27H29N3O8S2/c1-36-27(33)18-5-4-6-21(15-18)38-24-17-30-28(40-24)31-26(32)25(39-20-11-13-37-14-12-20)19-9-10-23(29-16-19)41(34,35)22-7-2-3-8-22;31-25(30-27-29-16-23(39-27)37-20-5-3-4-17(14-20)26(32)33)24(38-19-10-12-36-13-11-19)18-8-9-22(28-15-18)40(34,35)21-6-1-2-7-21/h4-6,9-10,15-17,20,22,25H,2-3,7-8,11-14H2,1H3,(H,30,31,32);3-5,8-9,14-16,19,21,24H,1-2,6-7,10-13H2,(H,32,33)(H,29,30,31). The molecular weight excluding hydrogens is 1130 g/mol. The van der Waals surface area contributed by atoms with Crippen LogP contribution in [0.25, 0.3) is 0 Å². The molecule has 2 saturated heterocycles. The number of nitrogens with one attached hydrogen (secondary N) is 2. The minimum Gasteiger partial charge on any atom is -0.478 e. The number of carboxylic acid groups (broad SMARTS) is 1. The first-order valence-corrected chi connectivity index (χ1v) is 31.1. The molecule has 0 radical (unpaired) electrons. The van der Waals surface area contributed by atoms with Crippen molar-refractivity contribution in [2.75, 3.05) is 44.2 Å². The Balaban J connectivity index is 0.000000196. The molecule has 81 heavy (non-hydrogen) atoms. The highest BCUT2D eigenvalue weighted by molar-refractivity contribution is 7.92. The lowest BCUT2D eigenvalue weighted by molar-refractivity contribution is -0.136. The average molecular weight is 1190 g/mol. The SMILES string of the molecule is COC(=O)c1cccc(Oc2cnc(NC(=O)C(OC3CCOCC3)c3ccc(S(=O)(=O)C4CCCC4)nc3)s2)c1.O=C(O)c1cccc(Oc2cnc(NC(=O)C(OC3CCOCC3)c3ccc(S(=O)(=O)C4CCCC4)nc3)s2)c1. The lowest BCUT2D eigenvalue weighted by Gasteiger charge is -2.27. The van der Waals surface area contributed by atoms with Gasteiger partial charge in [-0.1, -0.05) is 72.6 Å². The van der Waals surface area contributed by atoms with Crippen molar-refractivity contribution in [1.29, 1.82) is 0 Å². The van der Waals surface area contributed by atoms with Crippen molar-refractivity contribution in [3.8, 4) is 21.6 Å². The third kappa shape index (κ3) is 15.4. The first kappa shape index (κ1) is 58.9. The minimum absolute atomic E-state index is 0.00190. The molecule has 4 fully saturated rings. The van der Waals surface area contributed by atoms with Crippen LogP contribution in [0.4, 0.5) is 10.3 Å². The van der Waals surface area contributed by atoms with Crippen LogP contribution in [0, 0.1) is 0 Å². The van der Waals surface area contributed by atoms with Gasteiger partial charge in [0.1, 0.15) is 11.5 Å². The third-order valence-electron chi connectivity index (χ3n) is 13.9. The molecule has 6 aromatic rings. The van der Waals surface area contributed by atoms with Gasteiger partial charge in [0.05, 0.1) is 53.3 Å². The number of rotatable bonds is 20. The second-order valence-corrected chi connectivity index (χ2v) is 25.8. The van der Waals surface area contributed by atoms with Crippen molar-refractivity contribution in [2.24, 2.45) is 0 Å². The molecule has 2 atom stereocenters. The van der Waals surface area contributed by atoms with Crippen LogP contribution in [0.2, 0.25) is 0 Å². The molecule has 2 aliphatic carbocycles. The predicted molar refractivity (Wildman–Crippen MR) is 296 cm³/mol. The van der Waals surface area contributed by atoms with E-state index < -0.39 is 66.1 Å². The second-order valence-electron chi connectivity index (χ2n) is 19.4. The zero-order valence-electron chi connectivity index (χ0n) is 44.0. The summed E-state index contributed by atoms with van der Waals surface area (Å²) >= 11 is 2.17. The number of anilines is 2. The van der Waals surface area contributed by atoms with E-state index >= 15 is 0 Å². The van der Waals surface area contributed by atoms with Gasteiger partial charge in [0, 0.05) is 49.9 Å². The largest absolute Gasteiger partial charge is 0.478 e. The van der Waals surface area contributed by atoms with Gasteiger partial charge < -0.3 is 38.3 Å². The summed E-state index contributed by atoms with van der Waals surface area (Å²) in [6, 6.07) is 18.6. The molecule has 4 aromatic heterocycles. The molecule has 3 N–H and O–H groups in total. The summed E-state index contributed by atoms with van der Waals surface area (Å²) in [6.07, 6.45) is 11.8. The number of aromatic carboxylic acids is 1. The van der Waals surface area contributed by atoms with Gasteiger partial charge in [-0.3, -0.25) is 20.2 Å². The fourth-order valence-corrected chi connectivity index (χ4v) is 14.4. The number of carboxylic acids is 1. The molecule has 2 unspecified atom stereocenters. The van der Waals surface area contributed by atoms with Crippen LogP contribution >= 0.6 is 22.7 Å². The lowest BCUT2D eigenvalue weighted by atomic mass is 10.1. The van der Waals surface area contributed by atoms with E-state index in [1.54, 1.807) is 48.5 Å². The monoisotopic (exact) mass is 1190 g/mol. The summed E-state index contributed by atoms with van der Waals surface area (Å²) < 4.78 is 91.4. The topological polar surface area (TPSA) is 297 Å². The number of carbonyl (C=O) groups is 4. The number of nitrogens with zero attached hydrogens (tertiary/aromatic N) is 4. The van der Waals surface area contributed by atoms with Gasteiger partial charge in [-0.15, -0.1) is 0 Å². The predicted octanol–water partition coefficient (Wildman–Crippen LogP) is 9.33. The molecule has 2 amide bonds. The number of sulfone groups is 2. The molecule has 6 heterocycles. The quantitative estimate of drug-likeness (QED) is 0.0600. The fraction of sp³-hybridized carbons (Fsp3) is 0.418. The van der Waals surface area contributed by atoms with Gasteiger partial charge in [-0.05, 0) is 99.9 Å². The van der Waals surface area contributed by atoms with Crippen LogP contribution in [-0.4, -0.2) is 122 Å². The maximum Gasteiger partial charge on any atom is 0.337 e. The molecule has 0 bridgehead atoms. The summed E-state index contributed by atoms with van der Waals surface area (Å²) in [5.74, 6) is -1.79. The molecule has 4 aliphatic rings. The van der Waals surface area contributed by atoms with Crippen molar-refractivity contribution in [3.63, 3.8) is 0 Å². The van der Waals surface area contributed by atoms with E-state index in [0.717, 1.165) is 48.4 Å². The summed E-state index contributed by atoms with van der Waals surface area (Å²) in [5.41, 5.74) is 1.28. The number of ether oxygens (including phenoxy) is 7. The minimum atomic E-state index is -3.53. The first-order chi connectivity index (χ1) is 39.1. The van der Waals surface area contributed by atoms with Crippen LogP contribution in [0.5, 0.6) is 21.6 Å². The highest BCUT2D eigenvalue weighted by Gasteiger charge is 2.35. The number of thiazole rings is 2. The molecule has 0 spiro atoms. The van der Waals surface area contributed by atoms with E-state index in [-0.39, 0.29) is 38.1 Å². The number of benzene rings is 2. The highest BCUT2D eigenvalue weighted by Crippen LogP contribution is 2.36. The van der Waals surface area contributed by atoms with Crippen LogP contribution in [-0.2, 0) is 52.9 Å². The van der Waals surface area contributed by atoms with Crippen molar-refractivity contribution < 1.29 is 74.3 Å². The molecule has 2 aliphatic heterocycles. The Hall–Kier alpha value is -6.78. The summed E-state index contributed by atoms with van der Waals surface area (Å²) in [7, 11) is -5.76. The van der Waals surface area contributed by atoms with E-state index in [9.17, 15) is 41.1 Å². The molecule has 430 valence electrons. The van der Waals surface area contributed by atoms with Crippen molar-refractivity contribution in [2.45, 2.75) is 122 Å². The Kier molecular flexibility index (Phi) is 19.9. The van der Waals surface area contributed by atoms with Gasteiger partial charge in [0.15, 0.2) is 52.2 Å². The number of pyridine rings is 2. The number of hydrogen-bond acceptors (Lipinski definition) is 21. The van der Waals surface area contributed by atoms with E-state index in [4.69, 9.17) is 33.2 Å². The Morgan fingerprint density at radius 1 is 0.568 bits per heavy atom. The van der Waals surface area contributed by atoms with E-state index in [0.29, 0.717) is 116 Å². The molecule has 10 rings (SSSR count). The summed E-state index contributed by atoms with van der Waals surface area (Å²) in [4.78, 5) is 66.8. The van der Waals surface area contributed by atoms with Crippen LogP contribution in [0.3, 0.4) is 0 Å². The normalized spacial score (nSPS) is 17.3. The molecule has 22 nitrogen and oxygen atoms in total. The fourth-order valence-electron chi connectivity index (χ4n) is 9.56. The first-order valence-electron chi connectivity index (χ1n) is 26.4. The Morgan fingerprint density at radius 2 is 0.988 bits per heavy atom. The zero-order valence-corrected chi connectivity index (χ0v) is 47.3. The van der Waals surface area contributed by atoms with Crippen molar-refractivity contribution in [1.82, 2.24) is 19.9 Å². The molecule has 2 saturated carbocycles. The maximum absolute atomic E-state index is 13.5. The Bertz CT molecular complexity index is 3350. The molecule has 26 heteroatoms. The number of carbonyl (C=O) groups excluding carboxylic acids is 3. The maximum atomic E-state index is 13.5. The molecule has 2 aromatic carbocycles. The third-order valence-corrected chi connectivity index (χ3v) is 19.8. The molecular formula is C55H60N6O16S4. The number of esters is 1. The Morgan fingerprint density at radius 3 is 1.38 bits per heavy atom. The van der Waals surface area contributed by atoms with Crippen LogP contribution in [0.1, 0.15) is 121 Å². The smallest absolute Gasteiger partial charge is 0.337 e. The zero-order chi connectivity index (χ0) is 56.9. The van der Waals surface area contributed by atoms with E-state index in [1.807, 2.05) is 0 Å². The van der Waals surface area contributed by atoms with Gasteiger partial charge in [0.25, 0.3) is 11.8 Å². The van der Waals surface area contributed by atoms with E-state index in [2.05, 4.69) is 30.6 Å².